The molecular weight excluding hydrogens is 216 g/mol. The van der Waals surface area contributed by atoms with Gasteiger partial charge in [-0.3, -0.25) is 10.4 Å². The maximum Gasteiger partial charge on any atom is 0.205 e. The average molecular weight is 242 g/mol. The number of nitrogens with zero attached hydrogens (tertiary/aromatic N) is 1. The lowest BCUT2D eigenvalue weighted by Crippen LogP contribution is -2.43. The van der Waals surface area contributed by atoms with Crippen LogP contribution < -0.4 is 16.6 Å². The second kappa shape index (κ2) is 7.50. The zero-order valence-corrected chi connectivity index (χ0v) is 11.1. The van der Waals surface area contributed by atoms with Crippen molar-refractivity contribution >= 4 is 5.96 Å². The van der Waals surface area contributed by atoms with E-state index in [1.54, 1.807) is 0 Å². The molecule has 0 aromatic carbocycles. The molecule has 0 heterocycles. The molecule has 0 aliphatic heterocycles. The smallest absolute Gasteiger partial charge is 0.205 e. The van der Waals surface area contributed by atoms with Gasteiger partial charge in [-0.1, -0.05) is 13.3 Å². The van der Waals surface area contributed by atoms with Crippen LogP contribution in [-0.4, -0.2) is 32.3 Å². The Morgan fingerprint density at radius 2 is 2.24 bits per heavy atom. The number of guanidine groups is 1. The van der Waals surface area contributed by atoms with Gasteiger partial charge in [-0.15, -0.1) is 0 Å². The van der Waals surface area contributed by atoms with E-state index in [1.165, 1.54) is 19.3 Å². The van der Waals surface area contributed by atoms with Gasteiger partial charge in [0.25, 0.3) is 0 Å². The maximum atomic E-state index is 5.43. The van der Waals surface area contributed by atoms with Crippen molar-refractivity contribution < 1.29 is 4.74 Å². The van der Waals surface area contributed by atoms with Crippen molar-refractivity contribution in [2.45, 2.75) is 39.5 Å². The van der Waals surface area contributed by atoms with Gasteiger partial charge < -0.3 is 10.1 Å². The van der Waals surface area contributed by atoms with E-state index in [-0.39, 0.29) is 0 Å². The molecule has 1 rings (SSSR count). The van der Waals surface area contributed by atoms with Gasteiger partial charge in [0.15, 0.2) is 0 Å². The lowest BCUT2D eigenvalue weighted by molar-refractivity contribution is 0.145. The first-order valence-corrected chi connectivity index (χ1v) is 6.53. The van der Waals surface area contributed by atoms with E-state index in [2.05, 4.69) is 22.7 Å². The van der Waals surface area contributed by atoms with Gasteiger partial charge in [0.05, 0.1) is 0 Å². The standard InChI is InChI=1S/C12H26N4O/c1-3-17-9-5-8-14-11(16-13)15-10-12(2)6-4-7-12/h3-10,13H2,1-2H3,(H2,14,15,16). The fraction of sp³-hybridized carbons (Fsp3) is 0.917. The van der Waals surface area contributed by atoms with Gasteiger partial charge in [-0.2, -0.15) is 0 Å². The molecule has 1 saturated carbocycles. The molecule has 4 N–H and O–H groups in total. The highest BCUT2D eigenvalue weighted by Gasteiger charge is 2.31. The van der Waals surface area contributed by atoms with Crippen molar-refractivity contribution in [3.63, 3.8) is 0 Å². The van der Waals surface area contributed by atoms with Crippen LogP contribution in [0.15, 0.2) is 4.99 Å². The molecule has 0 amide bonds. The van der Waals surface area contributed by atoms with Gasteiger partial charge in [-0.25, -0.2) is 5.84 Å². The van der Waals surface area contributed by atoms with E-state index in [4.69, 9.17) is 10.6 Å². The van der Waals surface area contributed by atoms with Crippen LogP contribution in [0.4, 0.5) is 0 Å². The van der Waals surface area contributed by atoms with Crippen LogP contribution in [0.1, 0.15) is 39.5 Å². The predicted octanol–water partition coefficient (Wildman–Crippen LogP) is 1.01. The molecule has 0 unspecified atom stereocenters. The molecule has 0 radical (unpaired) electrons. The summed E-state index contributed by atoms with van der Waals surface area (Å²) in [6.45, 7) is 7.52. The fourth-order valence-corrected chi connectivity index (χ4v) is 1.89. The molecule has 100 valence electrons. The summed E-state index contributed by atoms with van der Waals surface area (Å²) >= 11 is 0. The second-order valence-electron chi connectivity index (χ2n) is 4.95. The zero-order valence-electron chi connectivity index (χ0n) is 11.1. The summed E-state index contributed by atoms with van der Waals surface area (Å²) in [5.74, 6) is 6.12. The normalized spacial score (nSPS) is 18.6. The quantitative estimate of drug-likeness (QED) is 0.205. The Morgan fingerprint density at radius 1 is 1.47 bits per heavy atom. The SMILES string of the molecule is CCOCCCNC(=NCC1(C)CCC1)NN. The second-order valence-corrected chi connectivity index (χ2v) is 4.95. The van der Waals surface area contributed by atoms with Crippen LogP contribution in [0.3, 0.4) is 0 Å². The van der Waals surface area contributed by atoms with Gasteiger partial charge in [0, 0.05) is 26.3 Å². The molecule has 0 aromatic rings. The Bertz CT molecular complexity index is 239. The van der Waals surface area contributed by atoms with Gasteiger partial charge in [-0.05, 0) is 31.6 Å². The van der Waals surface area contributed by atoms with Crippen LogP contribution >= 0.6 is 0 Å². The summed E-state index contributed by atoms with van der Waals surface area (Å²) in [6.07, 6.45) is 4.85. The molecule has 1 aliphatic carbocycles. The molecule has 0 aromatic heterocycles. The number of aliphatic imine (C=N–C) groups is 1. The number of nitrogens with one attached hydrogen (secondary N) is 2. The summed E-state index contributed by atoms with van der Waals surface area (Å²) in [5.41, 5.74) is 3.01. The highest BCUT2D eigenvalue weighted by Crippen LogP contribution is 2.40. The van der Waals surface area contributed by atoms with Gasteiger partial charge in [0.1, 0.15) is 0 Å². The average Bonchev–Trinajstić information content (AvgIpc) is 2.30. The first-order chi connectivity index (χ1) is 8.20. The van der Waals surface area contributed by atoms with Crippen molar-refractivity contribution in [1.29, 1.82) is 0 Å². The predicted molar refractivity (Wildman–Crippen MR) is 70.7 cm³/mol. The minimum Gasteiger partial charge on any atom is -0.382 e. The number of nitrogens with two attached hydrogens (primary N) is 1. The Morgan fingerprint density at radius 3 is 2.76 bits per heavy atom. The fourth-order valence-electron chi connectivity index (χ4n) is 1.89. The molecule has 0 atom stereocenters. The molecule has 0 spiro atoms. The summed E-state index contributed by atoms with van der Waals surface area (Å²) in [4.78, 5) is 4.48. The van der Waals surface area contributed by atoms with Crippen LogP contribution in [0.2, 0.25) is 0 Å². The van der Waals surface area contributed by atoms with Crippen molar-refractivity contribution in [3.05, 3.63) is 0 Å². The molecule has 1 aliphatic rings. The topological polar surface area (TPSA) is 71.7 Å². The Hall–Kier alpha value is -0.810. The first-order valence-electron chi connectivity index (χ1n) is 6.53. The summed E-state index contributed by atoms with van der Waals surface area (Å²) in [7, 11) is 0. The minimum atomic E-state index is 0.398. The molecule has 17 heavy (non-hydrogen) atoms. The number of rotatable bonds is 7. The molecule has 0 saturated heterocycles. The maximum absolute atomic E-state index is 5.43. The first kappa shape index (κ1) is 14.3. The number of hydrogen-bond donors (Lipinski definition) is 3. The summed E-state index contributed by atoms with van der Waals surface area (Å²) < 4.78 is 5.26. The van der Waals surface area contributed by atoms with Crippen molar-refractivity contribution in [3.8, 4) is 0 Å². The summed E-state index contributed by atoms with van der Waals surface area (Å²) in [6, 6.07) is 0. The van der Waals surface area contributed by atoms with Crippen LogP contribution in [0.25, 0.3) is 0 Å². The van der Waals surface area contributed by atoms with Crippen LogP contribution in [0, 0.1) is 5.41 Å². The van der Waals surface area contributed by atoms with E-state index in [0.717, 1.165) is 32.7 Å². The third-order valence-corrected chi connectivity index (χ3v) is 3.28. The van der Waals surface area contributed by atoms with Crippen LogP contribution in [-0.2, 0) is 4.74 Å². The third-order valence-electron chi connectivity index (χ3n) is 3.28. The molecule has 1 fully saturated rings. The largest absolute Gasteiger partial charge is 0.382 e. The van der Waals surface area contributed by atoms with Gasteiger partial charge in [0.2, 0.25) is 5.96 Å². The van der Waals surface area contributed by atoms with Crippen molar-refractivity contribution in [2.75, 3.05) is 26.3 Å². The number of hydrazine groups is 1. The highest BCUT2D eigenvalue weighted by molar-refractivity contribution is 5.79. The Balaban J connectivity index is 2.15. The summed E-state index contributed by atoms with van der Waals surface area (Å²) in [5, 5.41) is 3.18. The molecule has 0 bridgehead atoms. The lowest BCUT2D eigenvalue weighted by atomic mass is 9.71. The number of ether oxygens (including phenoxy) is 1. The van der Waals surface area contributed by atoms with Crippen LogP contribution in [0.5, 0.6) is 0 Å². The highest BCUT2D eigenvalue weighted by atomic mass is 16.5. The third kappa shape index (κ3) is 5.37. The molecule has 5 nitrogen and oxygen atoms in total. The van der Waals surface area contributed by atoms with E-state index >= 15 is 0 Å². The zero-order chi connectivity index (χ0) is 12.6. The van der Waals surface area contributed by atoms with E-state index in [0.29, 0.717) is 11.4 Å². The minimum absolute atomic E-state index is 0.398. The molecular formula is C12H26N4O. The van der Waals surface area contributed by atoms with E-state index in [1.807, 2.05) is 6.92 Å². The van der Waals surface area contributed by atoms with Crippen molar-refractivity contribution in [2.24, 2.45) is 16.3 Å². The Labute approximate surface area is 104 Å². The van der Waals surface area contributed by atoms with E-state index < -0.39 is 0 Å². The van der Waals surface area contributed by atoms with Crippen molar-refractivity contribution in [1.82, 2.24) is 10.7 Å². The molecule has 5 heteroatoms. The Kier molecular flexibility index (Phi) is 6.29. The lowest BCUT2D eigenvalue weighted by Gasteiger charge is -2.36. The monoisotopic (exact) mass is 242 g/mol. The van der Waals surface area contributed by atoms with E-state index in [9.17, 15) is 0 Å². The van der Waals surface area contributed by atoms with Gasteiger partial charge >= 0.3 is 0 Å². The number of hydrogen-bond acceptors (Lipinski definition) is 3.